The number of amides is 1. The van der Waals surface area contributed by atoms with Gasteiger partial charge >= 0.3 is 0 Å². The van der Waals surface area contributed by atoms with Crippen LogP contribution >= 0.6 is 11.6 Å². The van der Waals surface area contributed by atoms with Gasteiger partial charge in [0.05, 0.1) is 12.6 Å². The SMILES string of the molecule is CCCNC(=O)CN1CCC(NC(=NC)NCC(OC)c2cccc(Cl)c2)CC1. The van der Waals surface area contributed by atoms with Gasteiger partial charge in [0.25, 0.3) is 0 Å². The van der Waals surface area contributed by atoms with E-state index >= 15 is 0 Å². The zero-order valence-corrected chi connectivity index (χ0v) is 18.5. The first-order valence-electron chi connectivity index (χ1n) is 10.3. The van der Waals surface area contributed by atoms with E-state index in [4.69, 9.17) is 16.3 Å². The summed E-state index contributed by atoms with van der Waals surface area (Å²) in [6, 6.07) is 8.03. The molecule has 1 aromatic rings. The quantitative estimate of drug-likeness (QED) is 0.419. The molecule has 0 bridgehead atoms. The number of aliphatic imine (C=N–C) groups is 1. The maximum absolute atomic E-state index is 11.9. The van der Waals surface area contributed by atoms with Crippen molar-refractivity contribution in [1.29, 1.82) is 0 Å². The van der Waals surface area contributed by atoms with Crippen molar-refractivity contribution in [2.75, 3.05) is 46.9 Å². The highest BCUT2D eigenvalue weighted by molar-refractivity contribution is 6.30. The molecule has 1 amide bonds. The summed E-state index contributed by atoms with van der Waals surface area (Å²) in [6.07, 6.45) is 2.80. The van der Waals surface area contributed by atoms with Gasteiger partial charge in [-0.15, -0.1) is 0 Å². The first-order valence-corrected chi connectivity index (χ1v) is 10.7. The maximum atomic E-state index is 11.9. The van der Waals surface area contributed by atoms with E-state index in [2.05, 4.69) is 32.8 Å². The number of ether oxygens (including phenoxy) is 1. The smallest absolute Gasteiger partial charge is 0.234 e. The van der Waals surface area contributed by atoms with Crippen LogP contribution in [0.15, 0.2) is 29.3 Å². The molecular formula is C21H34ClN5O2. The number of hydrogen-bond acceptors (Lipinski definition) is 4. The number of piperidine rings is 1. The molecular weight excluding hydrogens is 390 g/mol. The highest BCUT2D eigenvalue weighted by Gasteiger charge is 2.21. The molecule has 0 aliphatic carbocycles. The van der Waals surface area contributed by atoms with Crippen molar-refractivity contribution in [2.45, 2.75) is 38.3 Å². The summed E-state index contributed by atoms with van der Waals surface area (Å²) in [6.45, 7) is 5.68. The van der Waals surface area contributed by atoms with Crippen molar-refractivity contribution in [3.8, 4) is 0 Å². The van der Waals surface area contributed by atoms with Crippen molar-refractivity contribution in [2.24, 2.45) is 4.99 Å². The summed E-state index contributed by atoms with van der Waals surface area (Å²) in [5.41, 5.74) is 1.03. The molecule has 8 heteroatoms. The monoisotopic (exact) mass is 423 g/mol. The molecule has 2 rings (SSSR count). The predicted octanol–water partition coefficient (Wildman–Crippen LogP) is 2.18. The lowest BCUT2D eigenvalue weighted by Crippen LogP contribution is -2.50. The van der Waals surface area contributed by atoms with Gasteiger partial charge < -0.3 is 20.7 Å². The molecule has 0 radical (unpaired) electrons. The largest absolute Gasteiger partial charge is 0.375 e. The number of hydrogen-bond donors (Lipinski definition) is 3. The van der Waals surface area contributed by atoms with Crippen LogP contribution in [0, 0.1) is 0 Å². The lowest BCUT2D eigenvalue weighted by atomic mass is 10.1. The predicted molar refractivity (Wildman–Crippen MR) is 118 cm³/mol. The number of carbonyl (C=O) groups is 1. The Morgan fingerprint density at radius 1 is 1.34 bits per heavy atom. The molecule has 1 atom stereocenters. The number of carbonyl (C=O) groups excluding carboxylic acids is 1. The lowest BCUT2D eigenvalue weighted by molar-refractivity contribution is -0.122. The summed E-state index contributed by atoms with van der Waals surface area (Å²) in [5, 5.41) is 10.5. The Bertz CT molecular complexity index is 662. The standard InChI is InChI=1S/C21H34ClN5O2/c1-4-10-24-20(28)15-27-11-8-18(9-12-27)26-21(23-2)25-14-19(29-3)16-6-5-7-17(22)13-16/h5-7,13,18-19H,4,8-12,14-15H2,1-3H3,(H,24,28)(H2,23,25,26). The zero-order valence-electron chi connectivity index (χ0n) is 17.7. The molecule has 1 aliphatic rings. The number of guanidine groups is 1. The van der Waals surface area contributed by atoms with E-state index in [-0.39, 0.29) is 12.0 Å². The zero-order chi connectivity index (χ0) is 21.1. The minimum atomic E-state index is -0.115. The molecule has 1 aromatic carbocycles. The van der Waals surface area contributed by atoms with Crippen LogP contribution in [0.1, 0.15) is 37.9 Å². The number of benzene rings is 1. The summed E-state index contributed by atoms with van der Waals surface area (Å²) in [4.78, 5) is 18.4. The van der Waals surface area contributed by atoms with Crippen molar-refractivity contribution in [1.82, 2.24) is 20.9 Å². The van der Waals surface area contributed by atoms with Crippen molar-refractivity contribution < 1.29 is 9.53 Å². The third-order valence-corrected chi connectivity index (χ3v) is 5.29. The van der Waals surface area contributed by atoms with Crippen LogP contribution in [0.25, 0.3) is 0 Å². The summed E-state index contributed by atoms with van der Waals surface area (Å²) < 4.78 is 5.61. The number of methoxy groups -OCH3 is 1. The van der Waals surface area contributed by atoms with Crippen molar-refractivity contribution in [3.63, 3.8) is 0 Å². The van der Waals surface area contributed by atoms with Gasteiger partial charge in [0.1, 0.15) is 0 Å². The Kier molecular flexibility index (Phi) is 10.2. The third-order valence-electron chi connectivity index (χ3n) is 5.05. The van der Waals surface area contributed by atoms with Crippen LogP contribution in [-0.4, -0.2) is 69.7 Å². The van der Waals surface area contributed by atoms with Crippen molar-refractivity contribution in [3.05, 3.63) is 34.9 Å². The van der Waals surface area contributed by atoms with Gasteiger partial charge in [0, 0.05) is 51.4 Å². The summed E-state index contributed by atoms with van der Waals surface area (Å²) in [7, 11) is 3.46. The van der Waals surface area contributed by atoms with E-state index < -0.39 is 0 Å². The van der Waals surface area contributed by atoms with E-state index in [0.29, 0.717) is 24.2 Å². The normalized spacial score (nSPS) is 17.0. The van der Waals surface area contributed by atoms with E-state index in [9.17, 15) is 4.79 Å². The second kappa shape index (κ2) is 12.7. The van der Waals surface area contributed by atoms with Gasteiger partial charge in [-0.3, -0.25) is 14.7 Å². The van der Waals surface area contributed by atoms with E-state index in [0.717, 1.165) is 50.4 Å². The van der Waals surface area contributed by atoms with Gasteiger partial charge in [-0.25, -0.2) is 0 Å². The molecule has 3 N–H and O–H groups in total. The molecule has 7 nitrogen and oxygen atoms in total. The van der Waals surface area contributed by atoms with Crippen molar-refractivity contribution >= 4 is 23.5 Å². The Labute approximate surface area is 179 Å². The highest BCUT2D eigenvalue weighted by atomic mass is 35.5. The van der Waals surface area contributed by atoms with Crippen LogP contribution in [0.3, 0.4) is 0 Å². The Morgan fingerprint density at radius 2 is 2.10 bits per heavy atom. The first-order chi connectivity index (χ1) is 14.0. The fourth-order valence-corrected chi connectivity index (χ4v) is 3.58. The van der Waals surface area contributed by atoms with E-state index in [1.165, 1.54) is 0 Å². The molecule has 1 aliphatic heterocycles. The molecule has 0 saturated carbocycles. The number of nitrogens with zero attached hydrogens (tertiary/aromatic N) is 2. The number of halogens is 1. The highest BCUT2D eigenvalue weighted by Crippen LogP contribution is 2.19. The average Bonchev–Trinajstić information content (AvgIpc) is 2.73. The van der Waals surface area contributed by atoms with Gasteiger partial charge in [-0.1, -0.05) is 30.7 Å². The van der Waals surface area contributed by atoms with Crippen LogP contribution < -0.4 is 16.0 Å². The van der Waals surface area contributed by atoms with Gasteiger partial charge in [-0.2, -0.15) is 0 Å². The molecule has 1 heterocycles. The molecule has 1 saturated heterocycles. The summed E-state index contributed by atoms with van der Waals surface area (Å²) in [5.74, 6) is 0.871. The van der Waals surface area contributed by atoms with Gasteiger partial charge in [-0.05, 0) is 37.0 Å². The Balaban J connectivity index is 1.75. The fraction of sp³-hybridized carbons (Fsp3) is 0.619. The number of nitrogens with one attached hydrogen (secondary N) is 3. The van der Waals surface area contributed by atoms with Crippen LogP contribution in [0.2, 0.25) is 5.02 Å². The minimum absolute atomic E-state index is 0.113. The van der Waals surface area contributed by atoms with Crippen LogP contribution in [0.5, 0.6) is 0 Å². The van der Waals surface area contributed by atoms with Crippen LogP contribution in [0.4, 0.5) is 0 Å². The lowest BCUT2D eigenvalue weighted by Gasteiger charge is -2.32. The number of rotatable bonds is 9. The van der Waals surface area contributed by atoms with E-state index in [1.54, 1.807) is 14.2 Å². The molecule has 29 heavy (non-hydrogen) atoms. The topological polar surface area (TPSA) is 78.0 Å². The Hall–Kier alpha value is -1.83. The molecule has 162 valence electrons. The van der Waals surface area contributed by atoms with Gasteiger partial charge in [0.2, 0.25) is 5.91 Å². The Morgan fingerprint density at radius 3 is 2.72 bits per heavy atom. The van der Waals surface area contributed by atoms with E-state index in [1.807, 2.05) is 24.3 Å². The molecule has 1 unspecified atom stereocenters. The van der Waals surface area contributed by atoms with Crippen LogP contribution in [-0.2, 0) is 9.53 Å². The average molecular weight is 424 g/mol. The third kappa shape index (κ3) is 8.20. The second-order valence-corrected chi connectivity index (χ2v) is 7.71. The second-order valence-electron chi connectivity index (χ2n) is 7.28. The number of likely N-dealkylation sites (tertiary alicyclic amines) is 1. The maximum Gasteiger partial charge on any atom is 0.234 e. The molecule has 0 aromatic heterocycles. The van der Waals surface area contributed by atoms with Gasteiger partial charge in [0.15, 0.2) is 5.96 Å². The molecule has 1 fully saturated rings. The minimum Gasteiger partial charge on any atom is -0.375 e. The summed E-state index contributed by atoms with van der Waals surface area (Å²) >= 11 is 6.09. The fourth-order valence-electron chi connectivity index (χ4n) is 3.38. The first kappa shape index (κ1) is 23.4. The molecule has 0 spiro atoms.